The molecule has 7 nitrogen and oxygen atoms in total. The fraction of sp³-hybridized carbons (Fsp3) is 0.235. The third kappa shape index (κ3) is 4.44. The van der Waals surface area contributed by atoms with Crippen molar-refractivity contribution in [2.45, 2.75) is 6.61 Å². The third-order valence-corrected chi connectivity index (χ3v) is 3.19. The van der Waals surface area contributed by atoms with Gasteiger partial charge in [0.25, 0.3) is 5.43 Å². The van der Waals surface area contributed by atoms with Gasteiger partial charge in [-0.05, 0) is 12.1 Å². The second kappa shape index (κ2) is 8.24. The maximum absolute atomic E-state index is 12.6. The molecule has 0 bridgehead atoms. The zero-order chi connectivity index (χ0) is 19.3. The Morgan fingerprint density at radius 3 is 2.58 bits per heavy atom. The molecule has 26 heavy (non-hydrogen) atoms. The van der Waals surface area contributed by atoms with E-state index in [1.165, 1.54) is 43.8 Å². The highest BCUT2D eigenvalue weighted by Crippen LogP contribution is 2.24. The molecule has 0 saturated heterocycles. The number of alkyl halides is 2. The largest absolute Gasteiger partial charge is 0.491 e. The summed E-state index contributed by atoms with van der Waals surface area (Å²) < 4.78 is 35.8. The first kappa shape index (κ1) is 19.1. The SMILES string of the molecule is COc1cn(-c2ccccc2OC(F)F)nc(C(=O)/C=C/N(C)C)c1=O. The molecular formula is C17H17F2N3O4. The summed E-state index contributed by atoms with van der Waals surface area (Å²) in [6, 6.07) is 5.86. The molecule has 2 aromatic rings. The maximum atomic E-state index is 12.6. The lowest BCUT2D eigenvalue weighted by molar-refractivity contribution is -0.0499. The number of nitrogens with zero attached hydrogens (tertiary/aromatic N) is 3. The first-order chi connectivity index (χ1) is 12.3. The number of aromatic nitrogens is 2. The Kier molecular flexibility index (Phi) is 6.05. The molecule has 0 aliphatic heterocycles. The van der Waals surface area contributed by atoms with Crippen molar-refractivity contribution in [3.63, 3.8) is 0 Å². The van der Waals surface area contributed by atoms with Gasteiger partial charge in [-0.1, -0.05) is 12.1 Å². The van der Waals surface area contributed by atoms with Crippen LogP contribution in [-0.4, -0.2) is 48.3 Å². The van der Waals surface area contributed by atoms with Gasteiger partial charge in [-0.25, -0.2) is 4.68 Å². The molecule has 0 saturated carbocycles. The number of carbonyl (C=O) groups is 1. The average Bonchev–Trinajstić information content (AvgIpc) is 2.60. The van der Waals surface area contributed by atoms with E-state index in [9.17, 15) is 18.4 Å². The van der Waals surface area contributed by atoms with Gasteiger partial charge in [0.2, 0.25) is 5.78 Å². The first-order valence-electron chi connectivity index (χ1n) is 7.44. The number of allylic oxidation sites excluding steroid dienone is 1. The Morgan fingerprint density at radius 1 is 1.27 bits per heavy atom. The highest BCUT2D eigenvalue weighted by Gasteiger charge is 2.18. The summed E-state index contributed by atoms with van der Waals surface area (Å²) in [6.07, 6.45) is 3.83. The van der Waals surface area contributed by atoms with Crippen LogP contribution in [0, 0.1) is 0 Å². The highest BCUT2D eigenvalue weighted by molar-refractivity contribution is 6.03. The van der Waals surface area contributed by atoms with Gasteiger partial charge in [0.1, 0.15) is 5.69 Å². The van der Waals surface area contributed by atoms with Crippen LogP contribution in [0.25, 0.3) is 5.69 Å². The van der Waals surface area contributed by atoms with Crippen molar-refractivity contribution >= 4 is 5.78 Å². The molecule has 2 rings (SSSR count). The van der Waals surface area contributed by atoms with E-state index in [0.29, 0.717) is 0 Å². The summed E-state index contributed by atoms with van der Waals surface area (Å²) in [6.45, 7) is -3.04. The van der Waals surface area contributed by atoms with E-state index in [4.69, 9.17) is 4.74 Å². The van der Waals surface area contributed by atoms with Crippen LogP contribution in [0.4, 0.5) is 8.78 Å². The Bertz CT molecular complexity index is 879. The number of para-hydroxylation sites is 2. The second-order valence-electron chi connectivity index (χ2n) is 5.31. The number of carbonyl (C=O) groups excluding carboxylic acids is 1. The van der Waals surface area contributed by atoms with Crippen LogP contribution in [0.15, 0.2) is 47.5 Å². The molecule has 0 unspecified atom stereocenters. The fourth-order valence-electron chi connectivity index (χ4n) is 2.04. The van der Waals surface area contributed by atoms with Gasteiger partial charge in [-0.15, -0.1) is 0 Å². The van der Waals surface area contributed by atoms with Crippen LogP contribution in [0.1, 0.15) is 10.5 Å². The molecular weight excluding hydrogens is 348 g/mol. The lowest BCUT2D eigenvalue weighted by Crippen LogP contribution is -2.22. The molecule has 0 aliphatic carbocycles. The first-order valence-corrected chi connectivity index (χ1v) is 7.44. The lowest BCUT2D eigenvalue weighted by atomic mass is 10.2. The van der Waals surface area contributed by atoms with Crippen molar-refractivity contribution in [2.75, 3.05) is 21.2 Å². The van der Waals surface area contributed by atoms with Crippen LogP contribution in [0.3, 0.4) is 0 Å². The Hall–Kier alpha value is -3.23. The molecule has 138 valence electrons. The zero-order valence-corrected chi connectivity index (χ0v) is 14.3. The normalized spacial score (nSPS) is 11.0. The standard InChI is InChI=1S/C17H17F2N3O4/c1-21(2)9-8-12(23)15-16(24)14(25-3)10-22(20-15)11-6-4-5-7-13(11)26-17(18)19/h4-10,17H,1-3H3/b9-8+. The van der Waals surface area contributed by atoms with Gasteiger partial charge in [0, 0.05) is 26.4 Å². The van der Waals surface area contributed by atoms with Crippen molar-refractivity contribution in [1.29, 1.82) is 0 Å². The number of halogens is 2. The van der Waals surface area contributed by atoms with Crippen molar-refractivity contribution < 1.29 is 23.0 Å². The Morgan fingerprint density at radius 2 is 1.96 bits per heavy atom. The fourth-order valence-corrected chi connectivity index (χ4v) is 2.04. The van der Waals surface area contributed by atoms with Crippen molar-refractivity contribution in [2.24, 2.45) is 0 Å². The van der Waals surface area contributed by atoms with Crippen molar-refractivity contribution in [1.82, 2.24) is 14.7 Å². The van der Waals surface area contributed by atoms with Crippen LogP contribution < -0.4 is 14.9 Å². The van der Waals surface area contributed by atoms with E-state index in [1.807, 2.05) is 0 Å². The van der Waals surface area contributed by atoms with Crippen LogP contribution in [-0.2, 0) is 0 Å². The summed E-state index contributed by atoms with van der Waals surface area (Å²) in [7, 11) is 4.67. The molecule has 0 radical (unpaired) electrons. The number of hydrogen-bond acceptors (Lipinski definition) is 6. The number of ether oxygens (including phenoxy) is 2. The van der Waals surface area contributed by atoms with E-state index in [0.717, 1.165) is 4.68 Å². The highest BCUT2D eigenvalue weighted by atomic mass is 19.3. The molecule has 1 aromatic carbocycles. The van der Waals surface area contributed by atoms with E-state index < -0.39 is 23.5 Å². The third-order valence-electron chi connectivity index (χ3n) is 3.19. The number of hydrogen-bond donors (Lipinski definition) is 0. The molecule has 0 spiro atoms. The predicted octanol–water partition coefficient (Wildman–Crippen LogP) is 2.10. The molecule has 0 N–H and O–H groups in total. The summed E-state index contributed by atoms with van der Waals surface area (Å²) in [4.78, 5) is 26.2. The Balaban J connectivity index is 2.60. The van der Waals surface area contributed by atoms with E-state index >= 15 is 0 Å². The summed E-state index contributed by atoms with van der Waals surface area (Å²) in [5.41, 5.74) is -0.990. The minimum absolute atomic E-state index is 0.122. The van der Waals surface area contributed by atoms with Gasteiger partial charge in [0.15, 0.2) is 17.2 Å². The molecule has 1 heterocycles. The van der Waals surface area contributed by atoms with Crippen LogP contribution in [0.5, 0.6) is 11.5 Å². The number of rotatable bonds is 7. The van der Waals surface area contributed by atoms with E-state index in [-0.39, 0.29) is 17.2 Å². The summed E-state index contributed by atoms with van der Waals surface area (Å²) >= 11 is 0. The minimum atomic E-state index is -3.04. The van der Waals surface area contributed by atoms with Crippen molar-refractivity contribution in [3.8, 4) is 17.2 Å². The minimum Gasteiger partial charge on any atom is -0.491 e. The summed E-state index contributed by atoms with van der Waals surface area (Å²) in [5, 5.41) is 3.98. The van der Waals surface area contributed by atoms with Gasteiger partial charge in [0.05, 0.1) is 13.3 Å². The second-order valence-corrected chi connectivity index (χ2v) is 5.31. The average molecular weight is 365 g/mol. The van der Waals surface area contributed by atoms with Crippen LogP contribution >= 0.6 is 0 Å². The maximum Gasteiger partial charge on any atom is 0.387 e. The quantitative estimate of drug-likeness (QED) is 0.553. The Labute approximate surface area is 148 Å². The van der Waals surface area contributed by atoms with E-state index in [2.05, 4.69) is 9.84 Å². The van der Waals surface area contributed by atoms with Gasteiger partial charge < -0.3 is 14.4 Å². The van der Waals surface area contributed by atoms with Gasteiger partial charge in [-0.2, -0.15) is 13.9 Å². The molecule has 1 aromatic heterocycles. The summed E-state index contributed by atoms with van der Waals surface area (Å²) in [5.74, 6) is -0.972. The smallest absolute Gasteiger partial charge is 0.387 e. The monoisotopic (exact) mass is 365 g/mol. The molecule has 0 aliphatic rings. The predicted molar refractivity (Wildman–Crippen MR) is 90.2 cm³/mol. The van der Waals surface area contributed by atoms with Crippen molar-refractivity contribution in [3.05, 3.63) is 58.7 Å². The molecule has 0 atom stereocenters. The number of benzene rings is 1. The number of methoxy groups -OCH3 is 1. The van der Waals surface area contributed by atoms with Gasteiger partial charge in [-0.3, -0.25) is 9.59 Å². The topological polar surface area (TPSA) is 73.7 Å². The molecule has 9 heteroatoms. The van der Waals surface area contributed by atoms with E-state index in [1.54, 1.807) is 25.1 Å². The lowest BCUT2D eigenvalue weighted by Gasteiger charge is -2.13. The zero-order valence-electron chi connectivity index (χ0n) is 14.3. The molecule has 0 amide bonds. The van der Waals surface area contributed by atoms with Crippen LogP contribution in [0.2, 0.25) is 0 Å². The van der Waals surface area contributed by atoms with Gasteiger partial charge >= 0.3 is 6.61 Å². The number of ketones is 1. The molecule has 0 fully saturated rings.